The molecule has 1 aromatic heterocycles. The van der Waals surface area contributed by atoms with Gasteiger partial charge in [-0.15, -0.1) is 10.2 Å². The standard InChI is InChI=1S/C17H13N5O7S/c1-28-14-8-12(22(26)27)6-7-13(14)18-15(23)9-30-17-20-19-16(29-17)10-2-4-11(5-3-10)21(24)25/h2-8H,9H2,1H3,(H,18,23). The molecule has 1 N–H and O–H groups in total. The van der Waals surface area contributed by atoms with Gasteiger partial charge in [0, 0.05) is 23.8 Å². The third-order valence-corrected chi connectivity index (χ3v) is 4.55. The predicted molar refractivity (Wildman–Crippen MR) is 105 cm³/mol. The smallest absolute Gasteiger partial charge is 0.277 e. The number of methoxy groups -OCH3 is 1. The van der Waals surface area contributed by atoms with E-state index in [1.807, 2.05) is 0 Å². The number of non-ortho nitro benzene ring substituents is 2. The first-order valence-corrected chi connectivity index (χ1v) is 9.19. The van der Waals surface area contributed by atoms with Crippen molar-refractivity contribution < 1.29 is 23.8 Å². The second kappa shape index (κ2) is 9.00. The monoisotopic (exact) mass is 431 g/mol. The molecule has 1 amide bonds. The number of anilines is 1. The molecule has 3 rings (SSSR count). The SMILES string of the molecule is COc1cc([N+](=O)[O-])ccc1NC(=O)CSc1nnc(-c2ccc([N+](=O)[O-])cc2)o1. The van der Waals surface area contributed by atoms with Crippen molar-refractivity contribution in [1.82, 2.24) is 10.2 Å². The Kier molecular flexibility index (Phi) is 6.22. The van der Waals surface area contributed by atoms with Crippen molar-refractivity contribution in [3.05, 3.63) is 62.7 Å². The number of benzene rings is 2. The van der Waals surface area contributed by atoms with E-state index < -0.39 is 15.8 Å². The van der Waals surface area contributed by atoms with Crippen molar-refractivity contribution in [3.8, 4) is 17.2 Å². The van der Waals surface area contributed by atoms with E-state index in [1.165, 1.54) is 49.6 Å². The number of rotatable bonds is 8. The van der Waals surface area contributed by atoms with Gasteiger partial charge in [0.1, 0.15) is 5.75 Å². The van der Waals surface area contributed by atoms with Gasteiger partial charge in [0.15, 0.2) is 0 Å². The van der Waals surface area contributed by atoms with Gasteiger partial charge in [-0.05, 0) is 18.2 Å². The highest BCUT2D eigenvalue weighted by Crippen LogP contribution is 2.30. The summed E-state index contributed by atoms with van der Waals surface area (Å²) in [6, 6.07) is 9.42. The van der Waals surface area contributed by atoms with Gasteiger partial charge in [-0.2, -0.15) is 0 Å². The number of thioether (sulfide) groups is 1. The van der Waals surface area contributed by atoms with Crippen molar-refractivity contribution in [2.24, 2.45) is 0 Å². The largest absolute Gasteiger partial charge is 0.494 e. The zero-order chi connectivity index (χ0) is 21.7. The van der Waals surface area contributed by atoms with Crippen LogP contribution in [0.2, 0.25) is 0 Å². The number of ether oxygens (including phenoxy) is 1. The fourth-order valence-electron chi connectivity index (χ4n) is 2.32. The summed E-state index contributed by atoms with van der Waals surface area (Å²) in [7, 11) is 1.33. The van der Waals surface area contributed by atoms with Crippen LogP contribution in [-0.2, 0) is 4.79 Å². The summed E-state index contributed by atoms with van der Waals surface area (Å²) in [5.41, 5.74) is 0.556. The van der Waals surface area contributed by atoms with Crippen molar-refractivity contribution in [3.63, 3.8) is 0 Å². The summed E-state index contributed by atoms with van der Waals surface area (Å²) in [5, 5.41) is 31.9. The predicted octanol–water partition coefficient (Wildman–Crippen LogP) is 3.29. The first kappa shape index (κ1) is 20.7. The highest BCUT2D eigenvalue weighted by Gasteiger charge is 2.16. The fourth-order valence-corrected chi connectivity index (χ4v) is 2.88. The van der Waals surface area contributed by atoms with Crippen molar-refractivity contribution in [1.29, 1.82) is 0 Å². The summed E-state index contributed by atoms with van der Waals surface area (Å²) >= 11 is 0.983. The van der Waals surface area contributed by atoms with E-state index in [9.17, 15) is 25.0 Å². The van der Waals surface area contributed by atoms with E-state index >= 15 is 0 Å². The quantitative estimate of drug-likeness (QED) is 0.318. The number of carbonyl (C=O) groups excluding carboxylic acids is 1. The maximum absolute atomic E-state index is 12.2. The van der Waals surface area contributed by atoms with E-state index in [4.69, 9.17) is 9.15 Å². The summed E-state index contributed by atoms with van der Waals surface area (Å²) in [4.78, 5) is 32.6. The van der Waals surface area contributed by atoms with Crippen LogP contribution in [0.25, 0.3) is 11.5 Å². The second-order valence-corrected chi connectivity index (χ2v) is 6.58. The Hall–Kier alpha value is -4.00. The van der Waals surface area contributed by atoms with E-state index in [-0.39, 0.29) is 39.7 Å². The van der Waals surface area contributed by atoms with Crippen LogP contribution in [0.1, 0.15) is 0 Å². The zero-order valence-corrected chi connectivity index (χ0v) is 16.1. The number of aromatic nitrogens is 2. The Morgan fingerprint density at radius 2 is 1.77 bits per heavy atom. The van der Waals surface area contributed by atoms with Crippen molar-refractivity contribution >= 4 is 34.7 Å². The van der Waals surface area contributed by atoms with E-state index in [0.29, 0.717) is 5.56 Å². The van der Waals surface area contributed by atoms with Gasteiger partial charge in [-0.3, -0.25) is 25.0 Å². The molecule has 154 valence electrons. The van der Waals surface area contributed by atoms with E-state index in [0.717, 1.165) is 11.8 Å². The van der Waals surface area contributed by atoms with Crippen LogP contribution in [0, 0.1) is 20.2 Å². The molecule has 0 saturated carbocycles. The van der Waals surface area contributed by atoms with Crippen LogP contribution >= 0.6 is 11.8 Å². The van der Waals surface area contributed by atoms with E-state index in [1.54, 1.807) is 0 Å². The molecule has 3 aromatic rings. The molecule has 0 radical (unpaired) electrons. The third-order valence-electron chi connectivity index (χ3n) is 3.73. The van der Waals surface area contributed by atoms with Crippen LogP contribution < -0.4 is 10.1 Å². The maximum Gasteiger partial charge on any atom is 0.277 e. The van der Waals surface area contributed by atoms with Crippen LogP contribution in [0.5, 0.6) is 5.75 Å². The Morgan fingerprint density at radius 3 is 2.40 bits per heavy atom. The second-order valence-electron chi connectivity index (χ2n) is 5.66. The number of nitro benzene ring substituents is 2. The molecule has 12 nitrogen and oxygen atoms in total. The topological polar surface area (TPSA) is 164 Å². The molecule has 0 saturated heterocycles. The Morgan fingerprint density at radius 1 is 1.10 bits per heavy atom. The molecule has 1 heterocycles. The minimum absolute atomic E-state index is 0.0637. The average Bonchev–Trinajstić information content (AvgIpc) is 3.21. The van der Waals surface area contributed by atoms with Gasteiger partial charge in [0.2, 0.25) is 11.8 Å². The molecule has 0 aliphatic heterocycles. The first-order chi connectivity index (χ1) is 14.4. The van der Waals surface area contributed by atoms with Crippen molar-refractivity contribution in [2.75, 3.05) is 18.2 Å². The lowest BCUT2D eigenvalue weighted by atomic mass is 10.2. The molecule has 0 atom stereocenters. The van der Waals surface area contributed by atoms with Crippen molar-refractivity contribution in [2.45, 2.75) is 5.22 Å². The van der Waals surface area contributed by atoms with Crippen LogP contribution in [0.4, 0.5) is 17.1 Å². The highest BCUT2D eigenvalue weighted by atomic mass is 32.2. The molecule has 0 spiro atoms. The fraction of sp³-hybridized carbons (Fsp3) is 0.118. The van der Waals surface area contributed by atoms with Gasteiger partial charge >= 0.3 is 0 Å². The van der Waals surface area contributed by atoms with Gasteiger partial charge in [-0.1, -0.05) is 11.8 Å². The highest BCUT2D eigenvalue weighted by molar-refractivity contribution is 7.99. The minimum Gasteiger partial charge on any atom is -0.494 e. The normalized spacial score (nSPS) is 10.4. The van der Waals surface area contributed by atoms with Crippen LogP contribution in [-0.4, -0.2) is 38.8 Å². The number of nitrogens with one attached hydrogen (secondary N) is 1. The number of nitrogens with zero attached hydrogens (tertiary/aromatic N) is 4. The Labute approximate surface area is 172 Å². The molecular weight excluding hydrogens is 418 g/mol. The van der Waals surface area contributed by atoms with Crippen LogP contribution in [0.15, 0.2) is 52.1 Å². The molecule has 2 aromatic carbocycles. The summed E-state index contributed by atoms with van der Waals surface area (Å²) in [5.74, 6) is -0.171. The van der Waals surface area contributed by atoms with Gasteiger partial charge < -0.3 is 14.5 Å². The first-order valence-electron chi connectivity index (χ1n) is 8.21. The summed E-state index contributed by atoms with van der Waals surface area (Å²) < 4.78 is 10.5. The van der Waals surface area contributed by atoms with Gasteiger partial charge in [0.25, 0.3) is 16.6 Å². The van der Waals surface area contributed by atoms with Gasteiger partial charge in [-0.25, -0.2) is 0 Å². The Balaban J connectivity index is 1.60. The summed E-state index contributed by atoms with van der Waals surface area (Å²) in [6.07, 6.45) is 0. The number of amides is 1. The molecule has 30 heavy (non-hydrogen) atoms. The molecule has 0 fully saturated rings. The molecular formula is C17H13N5O7S. The lowest BCUT2D eigenvalue weighted by Crippen LogP contribution is -2.14. The van der Waals surface area contributed by atoms with Gasteiger partial charge in [0.05, 0.1) is 34.5 Å². The minimum atomic E-state index is -0.567. The third kappa shape index (κ3) is 4.88. The van der Waals surface area contributed by atoms with Crippen LogP contribution in [0.3, 0.4) is 0 Å². The summed E-state index contributed by atoms with van der Waals surface area (Å²) in [6.45, 7) is 0. The lowest BCUT2D eigenvalue weighted by molar-refractivity contribution is -0.385. The molecule has 13 heteroatoms. The average molecular weight is 431 g/mol. The molecule has 0 aliphatic carbocycles. The Bertz CT molecular complexity index is 1100. The molecule has 0 aliphatic rings. The van der Waals surface area contributed by atoms with E-state index in [2.05, 4.69) is 15.5 Å². The number of hydrogen-bond donors (Lipinski definition) is 1. The lowest BCUT2D eigenvalue weighted by Gasteiger charge is -2.09. The number of carbonyl (C=O) groups is 1. The molecule has 0 bridgehead atoms. The molecule has 0 unspecified atom stereocenters. The maximum atomic E-state index is 12.2. The number of hydrogen-bond acceptors (Lipinski definition) is 10. The number of nitro groups is 2. The zero-order valence-electron chi connectivity index (χ0n) is 15.3.